The average Bonchev–Trinajstić information content (AvgIpc) is 3.27. The molecule has 2 aromatic carbocycles. The van der Waals surface area contributed by atoms with Crippen molar-refractivity contribution in [1.29, 1.82) is 0 Å². The Morgan fingerprint density at radius 3 is 1.77 bits per heavy atom. The Hall–Kier alpha value is -2.80. The molecular formula is C23H31NO6. The Labute approximate surface area is 178 Å². The molecule has 1 aliphatic heterocycles. The van der Waals surface area contributed by atoms with Crippen molar-refractivity contribution in [3.05, 3.63) is 35.4 Å². The largest absolute Gasteiger partial charge is 0.493 e. The first-order chi connectivity index (χ1) is 14.6. The molecule has 2 N–H and O–H groups in total. The minimum absolute atomic E-state index is 0.0908. The molecule has 1 heterocycles. The number of ether oxygens (including phenoxy) is 6. The lowest BCUT2D eigenvalue weighted by Crippen LogP contribution is -2.05. The van der Waals surface area contributed by atoms with Gasteiger partial charge in [0.25, 0.3) is 0 Å². The van der Waals surface area contributed by atoms with Crippen LogP contribution in [-0.2, 0) is 4.74 Å². The van der Waals surface area contributed by atoms with Gasteiger partial charge in [0.15, 0.2) is 23.0 Å². The molecule has 1 aliphatic rings. The number of methoxy groups -OCH3 is 4. The normalized spacial score (nSPS) is 18.2. The van der Waals surface area contributed by atoms with Gasteiger partial charge in [0, 0.05) is 0 Å². The van der Waals surface area contributed by atoms with Crippen LogP contribution in [0.25, 0.3) is 0 Å². The molecule has 0 spiro atoms. The van der Waals surface area contributed by atoms with Gasteiger partial charge in [0.1, 0.15) is 0 Å². The first kappa shape index (κ1) is 21.9. The SMILES string of the molecule is CCCOc1c(N)cc([C@@H]2CC[C@@H](c3cc(OC)c(OC)c(OC)c3)O2)cc1OC. The van der Waals surface area contributed by atoms with E-state index in [2.05, 4.69) is 0 Å². The van der Waals surface area contributed by atoms with Crippen molar-refractivity contribution in [1.82, 2.24) is 0 Å². The lowest BCUT2D eigenvalue weighted by molar-refractivity contribution is 0.0437. The summed E-state index contributed by atoms with van der Waals surface area (Å²) in [5, 5.41) is 0. The molecule has 2 atom stereocenters. The van der Waals surface area contributed by atoms with E-state index in [1.165, 1.54) is 0 Å². The minimum Gasteiger partial charge on any atom is -0.493 e. The molecule has 2 aromatic rings. The predicted molar refractivity (Wildman–Crippen MR) is 115 cm³/mol. The molecule has 1 fully saturated rings. The molecule has 0 unspecified atom stereocenters. The van der Waals surface area contributed by atoms with Crippen LogP contribution in [-0.4, -0.2) is 35.0 Å². The third-order valence-corrected chi connectivity index (χ3v) is 5.23. The molecule has 7 heteroatoms. The zero-order valence-corrected chi connectivity index (χ0v) is 18.3. The Bertz CT molecular complexity index is 844. The number of nitrogen functional groups attached to an aromatic ring is 1. The lowest BCUT2D eigenvalue weighted by Gasteiger charge is -2.20. The molecule has 0 bridgehead atoms. The summed E-state index contributed by atoms with van der Waals surface area (Å²) in [6, 6.07) is 7.73. The highest BCUT2D eigenvalue weighted by Gasteiger charge is 2.30. The Balaban J connectivity index is 1.84. The summed E-state index contributed by atoms with van der Waals surface area (Å²) in [6.07, 6.45) is 2.43. The van der Waals surface area contributed by atoms with Gasteiger partial charge in [-0.05, 0) is 54.7 Å². The van der Waals surface area contributed by atoms with Crippen LogP contribution in [0.3, 0.4) is 0 Å². The van der Waals surface area contributed by atoms with Crippen LogP contribution in [0.4, 0.5) is 5.69 Å². The van der Waals surface area contributed by atoms with E-state index >= 15 is 0 Å². The second kappa shape index (κ2) is 9.80. The Morgan fingerprint density at radius 2 is 1.30 bits per heavy atom. The van der Waals surface area contributed by atoms with Crippen LogP contribution >= 0.6 is 0 Å². The van der Waals surface area contributed by atoms with E-state index in [1.54, 1.807) is 28.4 Å². The number of hydrogen-bond acceptors (Lipinski definition) is 7. The highest BCUT2D eigenvalue weighted by atomic mass is 16.5. The molecule has 0 aromatic heterocycles. The van der Waals surface area contributed by atoms with Crippen LogP contribution in [0, 0.1) is 0 Å². The minimum atomic E-state index is -0.0921. The summed E-state index contributed by atoms with van der Waals surface area (Å²) in [6.45, 7) is 2.63. The summed E-state index contributed by atoms with van der Waals surface area (Å²) >= 11 is 0. The van der Waals surface area contributed by atoms with E-state index in [0.29, 0.717) is 41.0 Å². The van der Waals surface area contributed by atoms with E-state index in [9.17, 15) is 0 Å². The summed E-state index contributed by atoms with van der Waals surface area (Å²) in [5.41, 5.74) is 8.76. The van der Waals surface area contributed by atoms with E-state index in [1.807, 2.05) is 31.2 Å². The molecule has 30 heavy (non-hydrogen) atoms. The van der Waals surface area contributed by atoms with Gasteiger partial charge in [-0.25, -0.2) is 0 Å². The number of hydrogen-bond donors (Lipinski definition) is 1. The predicted octanol–water partition coefficient (Wildman–Crippen LogP) is 4.68. The third kappa shape index (κ3) is 4.36. The van der Waals surface area contributed by atoms with Crippen molar-refractivity contribution >= 4 is 5.69 Å². The van der Waals surface area contributed by atoms with Gasteiger partial charge in [-0.1, -0.05) is 6.92 Å². The molecule has 164 valence electrons. The van der Waals surface area contributed by atoms with Crippen molar-refractivity contribution in [3.8, 4) is 28.7 Å². The maximum absolute atomic E-state index is 6.38. The molecular weight excluding hydrogens is 386 g/mol. The topological polar surface area (TPSA) is 81.4 Å². The van der Waals surface area contributed by atoms with Gasteiger partial charge in [-0.3, -0.25) is 0 Å². The van der Waals surface area contributed by atoms with Gasteiger partial charge < -0.3 is 34.2 Å². The summed E-state index contributed by atoms with van der Waals surface area (Å²) < 4.78 is 34.0. The quantitative estimate of drug-likeness (QED) is 0.593. The monoisotopic (exact) mass is 417 g/mol. The first-order valence-corrected chi connectivity index (χ1v) is 10.1. The average molecular weight is 418 g/mol. The van der Waals surface area contributed by atoms with Gasteiger partial charge >= 0.3 is 0 Å². The number of nitrogens with two attached hydrogens (primary N) is 1. The van der Waals surface area contributed by atoms with Crippen molar-refractivity contribution in [3.63, 3.8) is 0 Å². The molecule has 0 radical (unpaired) electrons. The Morgan fingerprint density at radius 1 is 0.800 bits per heavy atom. The van der Waals surface area contributed by atoms with Crippen molar-refractivity contribution in [2.24, 2.45) is 0 Å². The number of rotatable bonds is 9. The van der Waals surface area contributed by atoms with Crippen molar-refractivity contribution < 1.29 is 28.4 Å². The smallest absolute Gasteiger partial charge is 0.203 e. The third-order valence-electron chi connectivity index (χ3n) is 5.23. The van der Waals surface area contributed by atoms with Crippen molar-refractivity contribution in [2.45, 2.75) is 38.4 Å². The van der Waals surface area contributed by atoms with Gasteiger partial charge in [-0.15, -0.1) is 0 Å². The van der Waals surface area contributed by atoms with Gasteiger partial charge in [0.05, 0.1) is 52.9 Å². The van der Waals surface area contributed by atoms with Crippen LogP contribution in [0.2, 0.25) is 0 Å². The maximum Gasteiger partial charge on any atom is 0.203 e. The first-order valence-electron chi connectivity index (χ1n) is 10.1. The van der Waals surface area contributed by atoms with Gasteiger partial charge in [-0.2, -0.15) is 0 Å². The highest BCUT2D eigenvalue weighted by molar-refractivity contribution is 5.62. The fourth-order valence-electron chi connectivity index (χ4n) is 3.76. The van der Waals surface area contributed by atoms with Crippen LogP contribution < -0.4 is 29.4 Å². The van der Waals surface area contributed by atoms with E-state index in [0.717, 1.165) is 30.4 Å². The van der Waals surface area contributed by atoms with E-state index in [-0.39, 0.29) is 12.2 Å². The van der Waals surface area contributed by atoms with Crippen LogP contribution in [0.1, 0.15) is 49.5 Å². The van der Waals surface area contributed by atoms with Gasteiger partial charge in [0.2, 0.25) is 5.75 Å². The molecule has 1 saturated heterocycles. The second-order valence-electron chi connectivity index (χ2n) is 7.14. The van der Waals surface area contributed by atoms with E-state index in [4.69, 9.17) is 34.2 Å². The molecule has 0 aliphatic carbocycles. The standard InChI is InChI=1S/C23H31NO6/c1-6-9-29-22-16(24)10-14(11-19(22)25-2)17-7-8-18(30-17)15-12-20(26-3)23(28-5)21(13-15)27-4/h10-13,17-18H,6-9,24H2,1-5H3/t17-,18-/m0/s1. The Kier molecular flexibility index (Phi) is 7.15. The van der Waals surface area contributed by atoms with Crippen LogP contribution in [0.15, 0.2) is 24.3 Å². The summed E-state index contributed by atoms with van der Waals surface area (Å²) in [4.78, 5) is 0. The van der Waals surface area contributed by atoms with Crippen LogP contribution in [0.5, 0.6) is 28.7 Å². The summed E-state index contributed by atoms with van der Waals surface area (Å²) in [7, 11) is 6.42. The fraction of sp³-hybridized carbons (Fsp3) is 0.478. The number of anilines is 1. The fourth-order valence-corrected chi connectivity index (χ4v) is 3.76. The molecule has 0 saturated carbocycles. The zero-order valence-electron chi connectivity index (χ0n) is 18.3. The maximum atomic E-state index is 6.38. The lowest BCUT2D eigenvalue weighted by atomic mass is 10.0. The molecule has 0 amide bonds. The second-order valence-corrected chi connectivity index (χ2v) is 7.14. The zero-order chi connectivity index (χ0) is 21.7. The summed E-state index contributed by atoms with van der Waals surface area (Å²) in [5.74, 6) is 3.00. The molecule has 3 rings (SSSR count). The van der Waals surface area contributed by atoms with E-state index < -0.39 is 0 Å². The molecule has 7 nitrogen and oxygen atoms in total. The van der Waals surface area contributed by atoms with Crippen molar-refractivity contribution in [2.75, 3.05) is 40.8 Å². The number of benzene rings is 2. The highest BCUT2D eigenvalue weighted by Crippen LogP contribution is 2.47.